The highest BCUT2D eigenvalue weighted by Gasteiger charge is 1.90. The molecule has 0 heterocycles. The third-order valence-corrected chi connectivity index (χ3v) is 3.34. The van der Waals surface area contributed by atoms with E-state index in [0.29, 0.717) is 0 Å². The van der Waals surface area contributed by atoms with Gasteiger partial charge in [0.1, 0.15) is 0 Å². The molecule has 0 bridgehead atoms. The summed E-state index contributed by atoms with van der Waals surface area (Å²) >= 11 is 0. The molecule has 0 fully saturated rings. The van der Waals surface area contributed by atoms with Gasteiger partial charge in [0.2, 0.25) is 0 Å². The lowest BCUT2D eigenvalue weighted by Gasteiger charge is -1.99. The molecule has 0 aromatic rings. The fraction of sp³-hybridized carbons (Fsp3) is 0.700. The largest absolute Gasteiger partial charge is 0.120 e. The minimum absolute atomic E-state index is 0.848. The molecule has 112 valence electrons. The first kappa shape index (κ1) is 18.9. The van der Waals surface area contributed by atoms with Gasteiger partial charge in [-0.15, -0.1) is 24.2 Å². The van der Waals surface area contributed by atoms with Gasteiger partial charge in [-0.1, -0.05) is 64.0 Å². The van der Waals surface area contributed by atoms with Crippen LogP contribution in [-0.2, 0) is 0 Å². The van der Waals surface area contributed by atoms with Crippen LogP contribution >= 0.6 is 0 Å². The summed E-state index contributed by atoms with van der Waals surface area (Å²) in [6.45, 7) is 2.27. The summed E-state index contributed by atoms with van der Waals surface area (Å²) in [6.07, 6.45) is 25.6. The molecule has 0 unspecified atom stereocenters. The first-order valence-corrected chi connectivity index (χ1v) is 8.46. The Morgan fingerprint density at radius 1 is 0.700 bits per heavy atom. The van der Waals surface area contributed by atoms with Crippen molar-refractivity contribution < 1.29 is 0 Å². The number of hydrogen-bond donors (Lipinski definition) is 0. The standard InChI is InChI=1S/C20H32/c1-3-5-7-9-11-13-15-17-19-20-18-16-14-12-10-8-6-4-2/h1,9,11H,4-8,10,12-16,18,20H2,2H3/b11-9-. The number of hydrogen-bond acceptors (Lipinski definition) is 0. The molecule has 0 aliphatic carbocycles. The molecule has 0 aromatic heterocycles. The summed E-state index contributed by atoms with van der Waals surface area (Å²) in [7, 11) is 0. The lowest BCUT2D eigenvalue weighted by molar-refractivity contribution is 0.579. The third kappa shape index (κ3) is 16.9. The van der Waals surface area contributed by atoms with Crippen LogP contribution in [0.2, 0.25) is 0 Å². The molecule has 0 radical (unpaired) electrons. The second-order valence-electron chi connectivity index (χ2n) is 5.33. The van der Waals surface area contributed by atoms with Crippen molar-refractivity contribution in [2.24, 2.45) is 0 Å². The van der Waals surface area contributed by atoms with Gasteiger partial charge in [0.05, 0.1) is 0 Å². The monoisotopic (exact) mass is 272 g/mol. The number of allylic oxidation sites excluding steroid dienone is 2. The van der Waals surface area contributed by atoms with Gasteiger partial charge in [-0.2, -0.15) is 0 Å². The molecule has 0 aliphatic heterocycles. The third-order valence-electron chi connectivity index (χ3n) is 3.34. The second-order valence-corrected chi connectivity index (χ2v) is 5.33. The Morgan fingerprint density at radius 3 is 1.90 bits per heavy atom. The molecule has 0 heteroatoms. The van der Waals surface area contributed by atoms with Gasteiger partial charge >= 0.3 is 0 Å². The van der Waals surface area contributed by atoms with Crippen LogP contribution in [-0.4, -0.2) is 0 Å². The predicted octanol–water partition coefficient (Wildman–Crippen LogP) is 6.27. The van der Waals surface area contributed by atoms with Crippen LogP contribution in [0.3, 0.4) is 0 Å². The van der Waals surface area contributed by atoms with E-state index in [1.807, 2.05) is 0 Å². The summed E-state index contributed by atoms with van der Waals surface area (Å²) in [4.78, 5) is 0. The fourth-order valence-corrected chi connectivity index (χ4v) is 2.08. The highest BCUT2D eigenvalue weighted by atomic mass is 14.0. The van der Waals surface area contributed by atoms with E-state index >= 15 is 0 Å². The number of rotatable bonds is 12. The van der Waals surface area contributed by atoms with Gasteiger partial charge in [-0.3, -0.25) is 0 Å². The van der Waals surface area contributed by atoms with Gasteiger partial charge in [0, 0.05) is 19.3 Å². The van der Waals surface area contributed by atoms with Crippen LogP contribution in [0.1, 0.15) is 90.4 Å². The molecule has 0 aromatic carbocycles. The fourth-order valence-electron chi connectivity index (χ4n) is 2.08. The first-order chi connectivity index (χ1) is 9.91. The maximum Gasteiger partial charge on any atom is 0.0123 e. The van der Waals surface area contributed by atoms with Gasteiger partial charge in [0.15, 0.2) is 0 Å². The van der Waals surface area contributed by atoms with E-state index in [9.17, 15) is 0 Å². The highest BCUT2D eigenvalue weighted by molar-refractivity contribution is 5.00. The van der Waals surface area contributed by atoms with Crippen molar-refractivity contribution in [3.63, 3.8) is 0 Å². The Kier molecular flexibility index (Phi) is 16.8. The average molecular weight is 272 g/mol. The van der Waals surface area contributed by atoms with Crippen LogP contribution in [0.5, 0.6) is 0 Å². The normalized spacial score (nSPS) is 10.2. The molecule has 0 N–H and O–H groups in total. The maximum absolute atomic E-state index is 5.18. The van der Waals surface area contributed by atoms with Gasteiger partial charge in [0.25, 0.3) is 0 Å². The van der Waals surface area contributed by atoms with Gasteiger partial charge in [-0.05, 0) is 19.3 Å². The highest BCUT2D eigenvalue weighted by Crippen LogP contribution is 2.09. The van der Waals surface area contributed by atoms with Gasteiger partial charge in [-0.25, -0.2) is 0 Å². The molecule has 0 atom stereocenters. The van der Waals surface area contributed by atoms with Crippen molar-refractivity contribution in [1.29, 1.82) is 0 Å². The van der Waals surface area contributed by atoms with Crippen LogP contribution in [0.15, 0.2) is 12.2 Å². The smallest absolute Gasteiger partial charge is 0.0123 e. The maximum atomic E-state index is 5.18. The van der Waals surface area contributed by atoms with Crippen molar-refractivity contribution in [2.75, 3.05) is 0 Å². The lowest BCUT2D eigenvalue weighted by Crippen LogP contribution is -1.80. The molecular weight excluding hydrogens is 240 g/mol. The molecule has 0 aliphatic rings. The Bertz CT molecular complexity index is 305. The summed E-state index contributed by atoms with van der Waals surface area (Å²) in [5, 5.41) is 0. The molecule has 0 saturated heterocycles. The summed E-state index contributed by atoms with van der Waals surface area (Å²) < 4.78 is 0. The lowest BCUT2D eigenvalue weighted by atomic mass is 10.1. The Hall–Kier alpha value is -1.14. The molecule has 0 amide bonds. The van der Waals surface area contributed by atoms with Crippen LogP contribution < -0.4 is 0 Å². The van der Waals surface area contributed by atoms with E-state index in [4.69, 9.17) is 6.42 Å². The predicted molar refractivity (Wildman–Crippen MR) is 91.4 cm³/mol. The number of unbranched alkanes of at least 4 members (excludes halogenated alkanes) is 10. The summed E-state index contributed by atoms with van der Waals surface area (Å²) in [5.41, 5.74) is 0. The Morgan fingerprint density at radius 2 is 1.25 bits per heavy atom. The SMILES string of the molecule is C#CCC/C=C\CCC#CCCCCCCCCCC. The number of terminal acetylenes is 1. The van der Waals surface area contributed by atoms with E-state index in [-0.39, 0.29) is 0 Å². The molecule has 0 nitrogen and oxygen atoms in total. The van der Waals surface area contributed by atoms with Crippen molar-refractivity contribution in [3.8, 4) is 24.2 Å². The first-order valence-electron chi connectivity index (χ1n) is 8.46. The van der Waals surface area contributed by atoms with Crippen molar-refractivity contribution in [2.45, 2.75) is 90.4 Å². The molecule has 0 saturated carbocycles. The van der Waals surface area contributed by atoms with Crippen molar-refractivity contribution in [3.05, 3.63) is 12.2 Å². The second kappa shape index (κ2) is 17.9. The van der Waals surface area contributed by atoms with Crippen molar-refractivity contribution in [1.82, 2.24) is 0 Å². The van der Waals surface area contributed by atoms with Crippen molar-refractivity contribution >= 4 is 0 Å². The van der Waals surface area contributed by atoms with Crippen LogP contribution in [0.25, 0.3) is 0 Å². The zero-order valence-electron chi connectivity index (χ0n) is 13.4. The summed E-state index contributed by atoms with van der Waals surface area (Å²) in [5.74, 6) is 9.17. The molecule has 0 spiro atoms. The van der Waals surface area contributed by atoms with Crippen LogP contribution in [0, 0.1) is 24.2 Å². The summed E-state index contributed by atoms with van der Waals surface area (Å²) in [6, 6.07) is 0. The molecule has 20 heavy (non-hydrogen) atoms. The quantitative estimate of drug-likeness (QED) is 0.223. The zero-order chi connectivity index (χ0) is 14.7. The van der Waals surface area contributed by atoms with E-state index in [0.717, 1.165) is 32.1 Å². The minimum Gasteiger partial charge on any atom is -0.120 e. The Balaban J connectivity index is 3.17. The molecule has 0 rings (SSSR count). The Labute approximate surface area is 127 Å². The van der Waals surface area contributed by atoms with Gasteiger partial charge < -0.3 is 0 Å². The van der Waals surface area contributed by atoms with E-state index in [1.54, 1.807) is 0 Å². The topological polar surface area (TPSA) is 0 Å². The average Bonchev–Trinajstić information content (AvgIpc) is 2.47. The molecular formula is C20H32. The van der Waals surface area contributed by atoms with E-state index < -0.39 is 0 Å². The minimum atomic E-state index is 0.848. The van der Waals surface area contributed by atoms with E-state index in [1.165, 1.54) is 51.4 Å². The van der Waals surface area contributed by atoms with Crippen LogP contribution in [0.4, 0.5) is 0 Å². The van der Waals surface area contributed by atoms with E-state index in [2.05, 4.69) is 36.8 Å². The zero-order valence-corrected chi connectivity index (χ0v) is 13.4.